The molecule has 1 aliphatic heterocycles. The van der Waals surface area contributed by atoms with Gasteiger partial charge in [-0.1, -0.05) is 34.1 Å². The minimum atomic E-state index is -0.109. The molecule has 0 saturated carbocycles. The van der Waals surface area contributed by atoms with Gasteiger partial charge >= 0.3 is 0 Å². The Morgan fingerprint density at radius 2 is 2.25 bits per heavy atom. The molecule has 0 amide bonds. The van der Waals surface area contributed by atoms with Crippen molar-refractivity contribution >= 4 is 15.9 Å². The van der Waals surface area contributed by atoms with Crippen LogP contribution in [0, 0.1) is 11.2 Å². The van der Waals surface area contributed by atoms with Gasteiger partial charge in [0.05, 0.1) is 6.10 Å². The third-order valence-corrected chi connectivity index (χ3v) is 4.71. The van der Waals surface area contributed by atoms with Crippen molar-refractivity contribution in [3.8, 4) is 0 Å². The predicted octanol–water partition coefficient (Wildman–Crippen LogP) is 3.56. The van der Waals surface area contributed by atoms with Crippen LogP contribution >= 0.6 is 15.9 Å². The van der Waals surface area contributed by atoms with Gasteiger partial charge in [0, 0.05) is 17.4 Å². The molecule has 1 fully saturated rings. The lowest BCUT2D eigenvalue weighted by molar-refractivity contribution is 0.0743. The van der Waals surface area contributed by atoms with E-state index in [-0.39, 0.29) is 17.3 Å². The van der Waals surface area contributed by atoms with Crippen molar-refractivity contribution in [3.63, 3.8) is 0 Å². The van der Waals surface area contributed by atoms with Gasteiger partial charge in [0.1, 0.15) is 5.82 Å². The molecule has 3 heteroatoms. The summed E-state index contributed by atoms with van der Waals surface area (Å²) in [4.78, 5) is 0. The van der Waals surface area contributed by atoms with Crippen LogP contribution in [0.2, 0.25) is 0 Å². The van der Waals surface area contributed by atoms with E-state index in [9.17, 15) is 4.39 Å². The molecule has 0 N–H and O–H groups in total. The van der Waals surface area contributed by atoms with Crippen LogP contribution in [0.25, 0.3) is 0 Å². The monoisotopic (exact) mass is 286 g/mol. The summed E-state index contributed by atoms with van der Waals surface area (Å²) in [6, 6.07) is 7.01. The van der Waals surface area contributed by atoms with Gasteiger partial charge < -0.3 is 4.74 Å². The Bertz CT molecular complexity index is 369. The second-order valence-electron chi connectivity index (χ2n) is 4.53. The Labute approximate surface area is 104 Å². The molecule has 1 heterocycles. The van der Waals surface area contributed by atoms with E-state index in [1.54, 1.807) is 6.07 Å². The molecule has 16 heavy (non-hydrogen) atoms. The fourth-order valence-corrected chi connectivity index (χ4v) is 3.23. The highest BCUT2D eigenvalue weighted by molar-refractivity contribution is 9.09. The molecule has 2 atom stereocenters. The van der Waals surface area contributed by atoms with Gasteiger partial charge in [-0.3, -0.25) is 0 Å². The number of hydrogen-bond donors (Lipinski definition) is 0. The first-order valence-electron chi connectivity index (χ1n) is 5.59. The maximum Gasteiger partial charge on any atom is 0.126 e. The van der Waals surface area contributed by atoms with Crippen LogP contribution < -0.4 is 0 Å². The summed E-state index contributed by atoms with van der Waals surface area (Å²) in [7, 11) is 0. The first kappa shape index (κ1) is 12.1. The first-order valence-corrected chi connectivity index (χ1v) is 6.71. The molecule has 1 aliphatic rings. The highest BCUT2D eigenvalue weighted by Crippen LogP contribution is 2.40. The van der Waals surface area contributed by atoms with E-state index in [1.807, 2.05) is 12.1 Å². The van der Waals surface area contributed by atoms with E-state index in [0.29, 0.717) is 0 Å². The molecule has 1 saturated heterocycles. The lowest BCUT2D eigenvalue weighted by Crippen LogP contribution is -2.33. The summed E-state index contributed by atoms with van der Waals surface area (Å²) in [6.45, 7) is 2.86. The summed E-state index contributed by atoms with van der Waals surface area (Å²) in [6.07, 6.45) is 1.92. The number of alkyl halides is 1. The molecule has 1 nitrogen and oxygen atoms in total. The van der Waals surface area contributed by atoms with E-state index in [2.05, 4.69) is 22.9 Å². The normalized spacial score (nSPS) is 29.6. The van der Waals surface area contributed by atoms with Crippen LogP contribution in [0.4, 0.5) is 4.39 Å². The van der Waals surface area contributed by atoms with Crippen molar-refractivity contribution in [1.82, 2.24) is 0 Å². The number of rotatable bonds is 3. The minimum Gasteiger partial charge on any atom is -0.378 e. The average molecular weight is 287 g/mol. The maximum atomic E-state index is 13.6. The van der Waals surface area contributed by atoms with Gasteiger partial charge in [-0.25, -0.2) is 4.39 Å². The Morgan fingerprint density at radius 1 is 1.50 bits per heavy atom. The lowest BCUT2D eigenvalue weighted by Gasteiger charge is -2.30. The first-order chi connectivity index (χ1) is 7.68. The lowest BCUT2D eigenvalue weighted by atomic mass is 9.78. The molecule has 0 aliphatic carbocycles. The molecule has 2 unspecified atom stereocenters. The van der Waals surface area contributed by atoms with Gasteiger partial charge in [0.2, 0.25) is 0 Å². The Kier molecular flexibility index (Phi) is 3.65. The van der Waals surface area contributed by atoms with Gasteiger partial charge in [-0.2, -0.15) is 0 Å². The highest BCUT2D eigenvalue weighted by Gasteiger charge is 2.40. The summed E-state index contributed by atoms with van der Waals surface area (Å²) >= 11 is 3.55. The Morgan fingerprint density at radius 3 is 2.81 bits per heavy atom. The van der Waals surface area contributed by atoms with Gasteiger partial charge in [0.25, 0.3) is 0 Å². The number of ether oxygens (including phenoxy) is 1. The van der Waals surface area contributed by atoms with Crippen molar-refractivity contribution in [1.29, 1.82) is 0 Å². The zero-order chi connectivity index (χ0) is 11.6. The zero-order valence-electron chi connectivity index (χ0n) is 9.38. The van der Waals surface area contributed by atoms with E-state index in [1.165, 1.54) is 6.07 Å². The second-order valence-corrected chi connectivity index (χ2v) is 5.09. The van der Waals surface area contributed by atoms with Crippen molar-refractivity contribution in [3.05, 3.63) is 35.6 Å². The SMILES string of the molecule is CC1OCCC1(CBr)Cc1ccccc1F. The van der Waals surface area contributed by atoms with Crippen molar-refractivity contribution in [2.45, 2.75) is 25.9 Å². The summed E-state index contributed by atoms with van der Waals surface area (Å²) < 4.78 is 19.2. The maximum absolute atomic E-state index is 13.6. The third kappa shape index (κ3) is 2.16. The Hall–Kier alpha value is -0.410. The molecule has 0 spiro atoms. The van der Waals surface area contributed by atoms with Crippen LogP contribution in [0.5, 0.6) is 0 Å². The summed E-state index contributed by atoms with van der Waals surface area (Å²) in [5, 5.41) is 0.857. The summed E-state index contributed by atoms with van der Waals surface area (Å²) in [5.74, 6) is -0.109. The second kappa shape index (κ2) is 4.84. The van der Waals surface area contributed by atoms with E-state index >= 15 is 0 Å². The standard InChI is InChI=1S/C13H16BrFO/c1-10-13(9-14,6-7-16-10)8-11-4-2-3-5-12(11)15/h2-5,10H,6-9H2,1H3. The number of benzene rings is 1. The van der Waals surface area contributed by atoms with E-state index < -0.39 is 0 Å². The fraction of sp³-hybridized carbons (Fsp3) is 0.538. The van der Waals surface area contributed by atoms with Gasteiger partial charge in [0.15, 0.2) is 0 Å². The predicted molar refractivity (Wildman–Crippen MR) is 66.4 cm³/mol. The molecule has 0 radical (unpaired) electrons. The Balaban J connectivity index is 2.22. The molecule has 0 aromatic heterocycles. The van der Waals surface area contributed by atoms with Crippen molar-refractivity contribution in [2.24, 2.45) is 5.41 Å². The minimum absolute atomic E-state index is 0.0438. The van der Waals surface area contributed by atoms with E-state index in [0.717, 1.165) is 30.3 Å². The van der Waals surface area contributed by atoms with Crippen LogP contribution in [-0.4, -0.2) is 18.0 Å². The molecule has 1 aromatic rings. The van der Waals surface area contributed by atoms with Gasteiger partial charge in [-0.05, 0) is 31.4 Å². The molecule has 1 aromatic carbocycles. The molecule has 2 rings (SSSR count). The van der Waals surface area contributed by atoms with Gasteiger partial charge in [-0.15, -0.1) is 0 Å². The van der Waals surface area contributed by atoms with Crippen molar-refractivity contribution < 1.29 is 9.13 Å². The van der Waals surface area contributed by atoms with Crippen molar-refractivity contribution in [2.75, 3.05) is 11.9 Å². The van der Waals surface area contributed by atoms with Crippen LogP contribution in [-0.2, 0) is 11.2 Å². The largest absolute Gasteiger partial charge is 0.378 e. The number of halogens is 2. The number of hydrogen-bond acceptors (Lipinski definition) is 1. The third-order valence-electron chi connectivity index (χ3n) is 3.60. The van der Waals surface area contributed by atoms with Crippen LogP contribution in [0.15, 0.2) is 24.3 Å². The smallest absolute Gasteiger partial charge is 0.126 e. The molecular formula is C13H16BrFO. The quantitative estimate of drug-likeness (QED) is 0.772. The highest BCUT2D eigenvalue weighted by atomic mass is 79.9. The molecule has 88 valence electrons. The topological polar surface area (TPSA) is 9.23 Å². The van der Waals surface area contributed by atoms with Crippen LogP contribution in [0.3, 0.4) is 0 Å². The molecule has 0 bridgehead atoms. The zero-order valence-corrected chi connectivity index (χ0v) is 11.0. The van der Waals surface area contributed by atoms with E-state index in [4.69, 9.17) is 4.74 Å². The van der Waals surface area contributed by atoms with Crippen LogP contribution in [0.1, 0.15) is 18.9 Å². The fourth-order valence-electron chi connectivity index (χ4n) is 2.29. The summed E-state index contributed by atoms with van der Waals surface area (Å²) in [5.41, 5.74) is 0.835. The average Bonchev–Trinajstić information content (AvgIpc) is 2.64. The molecular weight excluding hydrogens is 271 g/mol.